The van der Waals surface area contributed by atoms with Gasteiger partial charge >= 0.3 is 5.97 Å². The summed E-state index contributed by atoms with van der Waals surface area (Å²) in [5.41, 5.74) is -2.61. The smallest absolute Gasteiger partial charge is 0.313 e. The van der Waals surface area contributed by atoms with Crippen LogP contribution in [0.5, 0.6) is 11.5 Å². The van der Waals surface area contributed by atoms with Gasteiger partial charge in [0.2, 0.25) is 5.78 Å². The molecule has 2 aliphatic heterocycles. The van der Waals surface area contributed by atoms with Crippen molar-refractivity contribution < 1.29 is 59.3 Å². The summed E-state index contributed by atoms with van der Waals surface area (Å²) >= 11 is 0. The van der Waals surface area contributed by atoms with Gasteiger partial charge in [0.25, 0.3) is 5.91 Å². The largest absolute Gasteiger partial charge is 0.507 e. The molecule has 0 fully saturated rings. The Balaban J connectivity index is 2.28. The normalized spacial score (nSPS) is 30.5. The number of benzene rings is 1. The highest BCUT2D eigenvalue weighted by atomic mass is 16.5. The van der Waals surface area contributed by atoms with Crippen LogP contribution >= 0.6 is 0 Å². The lowest BCUT2D eigenvalue weighted by molar-refractivity contribution is -0.164. The van der Waals surface area contributed by atoms with Gasteiger partial charge in [-0.2, -0.15) is 0 Å². The van der Waals surface area contributed by atoms with E-state index in [2.05, 4.69) is 5.32 Å². The van der Waals surface area contributed by atoms with Crippen molar-refractivity contribution in [3.63, 3.8) is 0 Å². The van der Waals surface area contributed by atoms with Gasteiger partial charge in [-0.3, -0.25) is 24.0 Å². The number of ketones is 3. The van der Waals surface area contributed by atoms with E-state index in [1.165, 1.54) is 72.8 Å². The summed E-state index contributed by atoms with van der Waals surface area (Å²) in [5, 5.41) is 69.4. The first-order valence-electron chi connectivity index (χ1n) is 16.3. The number of carbonyl (C=O) groups is 5. The van der Waals surface area contributed by atoms with Gasteiger partial charge in [0.15, 0.2) is 11.6 Å². The lowest BCUT2D eigenvalue weighted by atomic mass is 9.76. The van der Waals surface area contributed by atoms with Crippen LogP contribution in [0.2, 0.25) is 0 Å². The molecule has 0 aromatic heterocycles. The summed E-state index contributed by atoms with van der Waals surface area (Å²) in [6.45, 7) is 11.3. The fourth-order valence-corrected chi connectivity index (χ4v) is 6.44. The average molecular weight is 698 g/mol. The monoisotopic (exact) mass is 697 g/mol. The van der Waals surface area contributed by atoms with Gasteiger partial charge in [-0.05, 0) is 33.3 Å². The molecule has 1 amide bonds. The highest BCUT2D eigenvalue weighted by Gasteiger charge is 2.45. The Morgan fingerprint density at radius 2 is 1.20 bits per heavy atom. The van der Waals surface area contributed by atoms with E-state index in [0.717, 1.165) is 7.11 Å². The number of nitrogens with one attached hydrogen (secondary N) is 1. The molecule has 2 heterocycles. The van der Waals surface area contributed by atoms with Crippen LogP contribution in [-0.4, -0.2) is 91.4 Å². The number of aliphatic hydroxyl groups excluding tert-OH is 4. The van der Waals surface area contributed by atoms with Crippen LogP contribution in [0.1, 0.15) is 85.1 Å². The molecule has 9 unspecified atom stereocenters. The molecule has 4 rings (SSSR count). The summed E-state index contributed by atoms with van der Waals surface area (Å²) in [6, 6.07) is 0. The standard InChI is InChI=1S/C37H47NO12/c1-14-11-10-12-15(2)36(48)38-26-18(5)30(42)22-23(31(43)21(8)32(44)24(22)35(26)47)29(41)17(4)13-16(3)28(40)20(7)34(46)25(37(49)50-9)33(45)19(6)27(14)39/h10-14,16,19-20,25,27-28,33-34,39-40,43-46H,1-9H3,(H,38,48). The van der Waals surface area contributed by atoms with Crippen molar-refractivity contribution in [1.29, 1.82) is 0 Å². The molecule has 13 nitrogen and oxygen atoms in total. The first-order chi connectivity index (χ1) is 23.2. The molecule has 0 radical (unpaired) electrons. The first kappa shape index (κ1) is 40.0. The molecule has 272 valence electrons. The van der Waals surface area contributed by atoms with E-state index in [1.807, 2.05) is 0 Å². The average Bonchev–Trinajstić information content (AvgIpc) is 3.08. The zero-order valence-corrected chi connectivity index (χ0v) is 29.6. The van der Waals surface area contributed by atoms with Crippen LogP contribution in [0.15, 0.2) is 46.7 Å². The lowest BCUT2D eigenvalue weighted by Gasteiger charge is -2.37. The quantitative estimate of drug-likeness (QED) is 0.210. The number of fused-ring (bicyclic) bond motifs is 15. The number of allylic oxidation sites excluding steroid dienone is 5. The predicted octanol–water partition coefficient (Wildman–Crippen LogP) is 2.60. The van der Waals surface area contributed by atoms with Gasteiger partial charge < -0.3 is 40.7 Å². The Morgan fingerprint density at radius 1 is 0.700 bits per heavy atom. The number of aliphatic hydroxyl groups is 4. The van der Waals surface area contributed by atoms with E-state index >= 15 is 0 Å². The van der Waals surface area contributed by atoms with Crippen molar-refractivity contribution in [1.82, 2.24) is 5.32 Å². The van der Waals surface area contributed by atoms with Crippen molar-refractivity contribution in [2.24, 2.45) is 29.6 Å². The minimum Gasteiger partial charge on any atom is -0.507 e. The molecular formula is C37H47NO12. The summed E-state index contributed by atoms with van der Waals surface area (Å²) in [5.74, 6) is -11.2. The molecule has 0 spiro atoms. The van der Waals surface area contributed by atoms with Crippen LogP contribution in [0.25, 0.3) is 0 Å². The zero-order valence-electron chi connectivity index (χ0n) is 29.6. The number of hydrogen-bond acceptors (Lipinski definition) is 12. The third kappa shape index (κ3) is 7.36. The van der Waals surface area contributed by atoms with Crippen LogP contribution < -0.4 is 5.32 Å². The van der Waals surface area contributed by atoms with Crippen molar-refractivity contribution in [3.05, 3.63) is 69.0 Å². The number of rotatable bonds is 1. The van der Waals surface area contributed by atoms with Gasteiger partial charge in [0.1, 0.15) is 17.4 Å². The molecule has 1 aromatic rings. The fraction of sp³-hybridized carbons (Fsp3) is 0.486. The highest BCUT2D eigenvalue weighted by molar-refractivity contribution is 6.32. The third-order valence-electron chi connectivity index (χ3n) is 9.98. The number of methoxy groups -OCH3 is 1. The van der Waals surface area contributed by atoms with E-state index in [4.69, 9.17) is 4.74 Å². The maximum Gasteiger partial charge on any atom is 0.313 e. The van der Waals surface area contributed by atoms with Crippen molar-refractivity contribution in [2.75, 3.05) is 7.11 Å². The molecule has 3 aliphatic rings. The summed E-state index contributed by atoms with van der Waals surface area (Å²) < 4.78 is 4.86. The fourth-order valence-electron chi connectivity index (χ4n) is 6.44. The number of ether oxygens (including phenoxy) is 1. The van der Waals surface area contributed by atoms with Crippen molar-refractivity contribution >= 4 is 29.2 Å². The van der Waals surface area contributed by atoms with E-state index in [9.17, 15) is 54.6 Å². The predicted molar refractivity (Wildman–Crippen MR) is 181 cm³/mol. The van der Waals surface area contributed by atoms with Crippen LogP contribution in [0.3, 0.4) is 0 Å². The number of aromatic hydroxyl groups is 2. The molecule has 0 saturated carbocycles. The highest BCUT2D eigenvalue weighted by Crippen LogP contribution is 2.43. The molecule has 13 heteroatoms. The van der Waals surface area contributed by atoms with E-state index in [0.29, 0.717) is 0 Å². The van der Waals surface area contributed by atoms with Gasteiger partial charge in [0.05, 0.1) is 53.9 Å². The third-order valence-corrected chi connectivity index (χ3v) is 9.98. The zero-order chi connectivity index (χ0) is 38.1. The van der Waals surface area contributed by atoms with E-state index in [-0.39, 0.29) is 22.3 Å². The second kappa shape index (κ2) is 15.6. The summed E-state index contributed by atoms with van der Waals surface area (Å²) in [6.07, 6.45) is -0.296. The van der Waals surface area contributed by atoms with Crippen molar-refractivity contribution in [3.8, 4) is 11.5 Å². The minimum absolute atomic E-state index is 0.0799. The Bertz CT molecular complexity index is 1720. The summed E-state index contributed by atoms with van der Waals surface area (Å²) in [7, 11) is 1.07. The van der Waals surface area contributed by atoms with Crippen LogP contribution in [-0.2, 0) is 14.3 Å². The molecule has 9 atom stereocenters. The number of phenols is 2. The molecule has 4 bridgehead atoms. The number of Topliss-reactive ketones (excluding diaryl/α,β-unsaturated/α-hetero) is 3. The van der Waals surface area contributed by atoms with Gasteiger partial charge in [-0.25, -0.2) is 0 Å². The van der Waals surface area contributed by atoms with Gasteiger partial charge in [-0.15, -0.1) is 0 Å². The Labute approximate surface area is 290 Å². The maximum atomic E-state index is 13.9. The molecule has 1 aromatic carbocycles. The second-order valence-electron chi connectivity index (χ2n) is 13.4. The SMILES string of the molecule is COC(=O)C1C(O)C(C)C(O)C(C)C=CC=C(C)C(=O)NC2=C(C)C(=O)c3c(c(O)c(C)c(O)c3C2=O)C(=O)C(C)=CC(C)C(O)C(C)C1O. The Morgan fingerprint density at radius 3 is 1.72 bits per heavy atom. The number of phenolic OH excluding ortho intramolecular Hbond substituents is 2. The number of amides is 1. The van der Waals surface area contributed by atoms with Gasteiger partial charge in [0, 0.05) is 40.4 Å². The topological polar surface area (TPSA) is 228 Å². The Hall–Kier alpha value is -4.43. The molecular weight excluding hydrogens is 650 g/mol. The maximum absolute atomic E-state index is 13.9. The second-order valence-corrected chi connectivity index (χ2v) is 13.4. The lowest BCUT2D eigenvalue weighted by Crippen LogP contribution is -2.50. The molecule has 0 saturated heterocycles. The molecule has 1 aliphatic carbocycles. The summed E-state index contributed by atoms with van der Waals surface area (Å²) in [4.78, 5) is 67.5. The van der Waals surface area contributed by atoms with Gasteiger partial charge in [-0.1, -0.05) is 52.0 Å². The van der Waals surface area contributed by atoms with Crippen molar-refractivity contribution in [2.45, 2.75) is 79.8 Å². The van der Waals surface area contributed by atoms with Crippen LogP contribution in [0.4, 0.5) is 0 Å². The number of hydrogen-bond donors (Lipinski definition) is 7. The minimum atomic E-state index is -1.69. The number of esters is 1. The molecule has 7 N–H and O–H groups in total. The molecule has 50 heavy (non-hydrogen) atoms. The van der Waals surface area contributed by atoms with Crippen LogP contribution in [0, 0.1) is 36.5 Å². The van der Waals surface area contributed by atoms with E-state index in [1.54, 1.807) is 6.92 Å². The first-order valence-corrected chi connectivity index (χ1v) is 16.3. The Kier molecular flexibility index (Phi) is 12.5. The van der Waals surface area contributed by atoms with E-state index < -0.39 is 117 Å². The number of carbonyl (C=O) groups excluding carboxylic acids is 5.